The number of ether oxygens (including phenoxy) is 1. The molecule has 0 amide bonds. The first-order chi connectivity index (χ1) is 16.3. The number of nitrogens with zero attached hydrogens (tertiary/aromatic N) is 2. The number of unbranched alkanes of at least 4 members (excludes halogenated alkanes) is 2. The minimum absolute atomic E-state index is 0.0778. The number of cyclic esters (lactones) is 1. The molecule has 2 aliphatic rings. The number of hydrogen-bond acceptors (Lipinski definition) is 6. The van der Waals surface area contributed by atoms with Crippen molar-refractivity contribution in [1.82, 2.24) is 9.55 Å². The molecule has 0 aliphatic carbocycles. The SMILES string of the molecule is CCCCCNc1c2c(nc3cc(F)c(C)cc13)-c1cc3c(c(=O)n1C2)COC(=O)[C@]3(O)CC. The van der Waals surface area contributed by atoms with Crippen molar-refractivity contribution in [2.24, 2.45) is 0 Å². The Morgan fingerprint density at radius 2 is 2.00 bits per heavy atom. The average Bonchev–Trinajstić information content (AvgIpc) is 3.19. The fraction of sp³-hybridized carbons (Fsp3) is 0.423. The van der Waals surface area contributed by atoms with Gasteiger partial charge >= 0.3 is 5.97 Å². The topological polar surface area (TPSA) is 93.5 Å². The number of aromatic nitrogens is 2. The summed E-state index contributed by atoms with van der Waals surface area (Å²) in [5.74, 6) is -1.10. The van der Waals surface area contributed by atoms with Crippen LogP contribution in [0.15, 0.2) is 23.0 Å². The fourth-order valence-corrected chi connectivity index (χ4v) is 5.00. The highest BCUT2D eigenvalue weighted by Crippen LogP contribution is 2.42. The van der Waals surface area contributed by atoms with E-state index in [1.807, 2.05) is 0 Å². The number of carbonyl (C=O) groups is 1. The third-order valence-electron chi connectivity index (χ3n) is 7.05. The number of aliphatic hydroxyl groups is 1. The molecule has 0 radical (unpaired) electrons. The Morgan fingerprint density at radius 3 is 2.74 bits per heavy atom. The molecule has 0 fully saturated rings. The van der Waals surface area contributed by atoms with Crippen molar-refractivity contribution in [2.45, 2.75) is 65.2 Å². The molecular weight excluding hydrogens is 437 g/mol. The summed E-state index contributed by atoms with van der Waals surface area (Å²) in [5, 5.41) is 15.4. The van der Waals surface area contributed by atoms with Gasteiger partial charge in [0, 0.05) is 29.1 Å². The molecule has 8 heteroatoms. The molecule has 7 nitrogen and oxygen atoms in total. The molecule has 0 bridgehead atoms. The summed E-state index contributed by atoms with van der Waals surface area (Å²) in [6, 6.07) is 4.89. The van der Waals surface area contributed by atoms with Crippen LogP contribution in [-0.2, 0) is 28.3 Å². The lowest BCUT2D eigenvalue weighted by atomic mass is 9.86. The van der Waals surface area contributed by atoms with Gasteiger partial charge in [0.1, 0.15) is 12.4 Å². The van der Waals surface area contributed by atoms with Gasteiger partial charge in [0.25, 0.3) is 5.56 Å². The molecule has 0 saturated heterocycles. The maximum Gasteiger partial charge on any atom is 0.343 e. The number of anilines is 1. The molecule has 1 aromatic carbocycles. The van der Waals surface area contributed by atoms with Crippen LogP contribution in [0, 0.1) is 12.7 Å². The van der Waals surface area contributed by atoms with Crippen molar-refractivity contribution in [3.8, 4) is 11.4 Å². The lowest BCUT2D eigenvalue weighted by molar-refractivity contribution is -0.172. The van der Waals surface area contributed by atoms with Crippen molar-refractivity contribution < 1.29 is 19.0 Å². The number of nitrogens with one attached hydrogen (secondary N) is 1. The van der Waals surface area contributed by atoms with E-state index >= 15 is 0 Å². The monoisotopic (exact) mass is 465 g/mol. The van der Waals surface area contributed by atoms with E-state index in [0.29, 0.717) is 29.0 Å². The number of pyridine rings is 2. The summed E-state index contributed by atoms with van der Waals surface area (Å²) in [7, 11) is 0. The summed E-state index contributed by atoms with van der Waals surface area (Å²) >= 11 is 0. The number of benzene rings is 1. The van der Waals surface area contributed by atoms with Gasteiger partial charge in [-0.05, 0) is 37.5 Å². The van der Waals surface area contributed by atoms with E-state index in [9.17, 15) is 19.1 Å². The van der Waals surface area contributed by atoms with Gasteiger partial charge in [-0.15, -0.1) is 0 Å². The van der Waals surface area contributed by atoms with Gasteiger partial charge < -0.3 is 19.7 Å². The maximum atomic E-state index is 14.5. The van der Waals surface area contributed by atoms with Gasteiger partial charge in [-0.1, -0.05) is 26.7 Å². The van der Waals surface area contributed by atoms with Gasteiger partial charge in [-0.3, -0.25) is 4.79 Å². The van der Waals surface area contributed by atoms with Gasteiger partial charge in [-0.2, -0.15) is 0 Å². The minimum atomic E-state index is -1.88. The molecule has 34 heavy (non-hydrogen) atoms. The highest BCUT2D eigenvalue weighted by atomic mass is 19.1. The second kappa shape index (κ2) is 8.20. The van der Waals surface area contributed by atoms with Crippen molar-refractivity contribution in [3.05, 3.63) is 56.6 Å². The number of fused-ring (bicyclic) bond motifs is 5. The molecule has 2 N–H and O–H groups in total. The maximum absolute atomic E-state index is 14.5. The van der Waals surface area contributed by atoms with Gasteiger partial charge in [0.15, 0.2) is 5.60 Å². The molecule has 178 valence electrons. The Balaban J connectivity index is 1.74. The third-order valence-corrected chi connectivity index (χ3v) is 7.05. The Morgan fingerprint density at radius 1 is 1.21 bits per heavy atom. The molecule has 4 heterocycles. The summed E-state index contributed by atoms with van der Waals surface area (Å²) in [6.45, 7) is 6.40. The van der Waals surface area contributed by atoms with Gasteiger partial charge in [0.05, 0.1) is 34.7 Å². The van der Waals surface area contributed by atoms with Crippen LogP contribution >= 0.6 is 0 Å². The molecule has 2 aromatic heterocycles. The molecule has 0 spiro atoms. The van der Waals surface area contributed by atoms with Gasteiger partial charge in [0.2, 0.25) is 0 Å². The average molecular weight is 466 g/mol. The lowest BCUT2D eigenvalue weighted by Gasteiger charge is -2.31. The molecule has 0 unspecified atom stereocenters. The second-order valence-electron chi connectivity index (χ2n) is 9.17. The number of halogens is 1. The van der Waals surface area contributed by atoms with Crippen LogP contribution in [0.25, 0.3) is 22.3 Å². The van der Waals surface area contributed by atoms with Crippen molar-refractivity contribution >= 4 is 22.6 Å². The first kappa shape index (κ1) is 22.5. The number of carbonyl (C=O) groups excluding carboxylic acids is 1. The molecule has 0 saturated carbocycles. The molecular formula is C26H28FN3O4. The van der Waals surface area contributed by atoms with Crippen LogP contribution in [0.3, 0.4) is 0 Å². The molecule has 1 atom stereocenters. The summed E-state index contributed by atoms with van der Waals surface area (Å²) < 4.78 is 21.2. The smallest absolute Gasteiger partial charge is 0.343 e. The van der Waals surface area contributed by atoms with E-state index in [1.54, 1.807) is 30.5 Å². The van der Waals surface area contributed by atoms with Crippen LogP contribution in [0.2, 0.25) is 0 Å². The highest BCUT2D eigenvalue weighted by Gasteiger charge is 2.45. The van der Waals surface area contributed by atoms with Crippen LogP contribution in [0.4, 0.5) is 10.1 Å². The van der Waals surface area contributed by atoms with Crippen LogP contribution in [-0.4, -0.2) is 27.2 Å². The zero-order valence-electron chi connectivity index (χ0n) is 19.6. The summed E-state index contributed by atoms with van der Waals surface area (Å²) in [4.78, 5) is 30.6. The van der Waals surface area contributed by atoms with Crippen LogP contribution in [0.1, 0.15) is 61.8 Å². The number of aryl methyl sites for hydroxylation is 1. The normalized spacial score (nSPS) is 18.4. The lowest BCUT2D eigenvalue weighted by Crippen LogP contribution is -2.44. The van der Waals surface area contributed by atoms with E-state index in [-0.39, 0.29) is 35.5 Å². The van der Waals surface area contributed by atoms with Crippen molar-refractivity contribution in [1.29, 1.82) is 0 Å². The summed E-state index contributed by atoms with van der Waals surface area (Å²) in [5.41, 5.74) is 2.14. The van der Waals surface area contributed by atoms with Crippen molar-refractivity contribution in [2.75, 3.05) is 11.9 Å². The Kier molecular flexibility index (Phi) is 5.43. The van der Waals surface area contributed by atoms with Crippen LogP contribution in [0.5, 0.6) is 0 Å². The number of hydrogen-bond donors (Lipinski definition) is 2. The zero-order valence-corrected chi connectivity index (χ0v) is 19.6. The molecule has 3 aromatic rings. The predicted octanol–water partition coefficient (Wildman–Crippen LogP) is 4.13. The number of esters is 1. The van der Waals surface area contributed by atoms with E-state index in [1.165, 1.54) is 6.07 Å². The molecule has 2 aliphatic heterocycles. The predicted molar refractivity (Wildman–Crippen MR) is 127 cm³/mol. The first-order valence-corrected chi connectivity index (χ1v) is 11.8. The van der Waals surface area contributed by atoms with E-state index < -0.39 is 11.6 Å². The second-order valence-corrected chi connectivity index (χ2v) is 9.17. The molecule has 5 rings (SSSR count). The van der Waals surface area contributed by atoms with Crippen LogP contribution < -0.4 is 10.9 Å². The highest BCUT2D eigenvalue weighted by molar-refractivity contribution is 5.97. The van der Waals surface area contributed by atoms with E-state index in [0.717, 1.165) is 42.4 Å². The minimum Gasteiger partial charge on any atom is -0.458 e. The third kappa shape index (κ3) is 3.23. The van der Waals surface area contributed by atoms with E-state index in [4.69, 9.17) is 9.72 Å². The standard InChI is InChI=1S/C26H28FN3O4/c1-4-6-7-8-28-22-15-9-14(3)19(27)11-20(15)29-23-16(22)12-30-21(23)10-18-17(24(30)31)13-34-25(32)26(18,33)5-2/h9-11,33H,4-8,12-13H2,1-3H3,(H,28,29)/t26-/m0/s1. The first-order valence-electron chi connectivity index (χ1n) is 11.8. The quantitative estimate of drug-likeness (QED) is 0.329. The number of rotatable bonds is 6. The largest absolute Gasteiger partial charge is 0.458 e. The van der Waals surface area contributed by atoms with E-state index in [2.05, 4.69) is 12.2 Å². The van der Waals surface area contributed by atoms with Gasteiger partial charge in [-0.25, -0.2) is 14.2 Å². The Bertz CT molecular complexity index is 1400. The Labute approximate surface area is 196 Å². The zero-order chi connectivity index (χ0) is 24.2. The Hall–Kier alpha value is -3.26. The fourth-order valence-electron chi connectivity index (χ4n) is 5.00. The summed E-state index contributed by atoms with van der Waals surface area (Å²) in [6.07, 6.45) is 3.24. The van der Waals surface area contributed by atoms with Crippen molar-refractivity contribution in [3.63, 3.8) is 0 Å².